The average Bonchev–Trinajstić information content (AvgIpc) is 2.90. The number of sulfonamides is 1. The standard InChI is InChI=1S/C16H13ClN2O3S/c17-13-5-3-6-14(10-13)23(21,22)18-16(20)11-19-9-8-12-4-1-2-7-15(12)19/h1-10H,11H2,(H,18,20). The molecule has 0 saturated carbocycles. The monoisotopic (exact) mass is 348 g/mol. The van der Waals surface area contributed by atoms with Gasteiger partial charge in [-0.2, -0.15) is 0 Å². The van der Waals surface area contributed by atoms with Gasteiger partial charge in [0.1, 0.15) is 6.54 Å². The van der Waals surface area contributed by atoms with Gasteiger partial charge in [-0.25, -0.2) is 13.1 Å². The van der Waals surface area contributed by atoms with Gasteiger partial charge >= 0.3 is 0 Å². The van der Waals surface area contributed by atoms with Gasteiger partial charge in [0.25, 0.3) is 15.9 Å². The molecule has 1 heterocycles. The molecule has 0 unspecified atom stereocenters. The van der Waals surface area contributed by atoms with Crippen LogP contribution in [0.15, 0.2) is 65.7 Å². The van der Waals surface area contributed by atoms with E-state index in [-0.39, 0.29) is 16.5 Å². The first-order chi connectivity index (χ1) is 11.0. The van der Waals surface area contributed by atoms with Crippen LogP contribution in [-0.4, -0.2) is 18.9 Å². The lowest BCUT2D eigenvalue weighted by molar-refractivity contribution is -0.119. The summed E-state index contributed by atoms with van der Waals surface area (Å²) in [4.78, 5) is 12.0. The lowest BCUT2D eigenvalue weighted by Crippen LogP contribution is -2.33. The highest BCUT2D eigenvalue weighted by Crippen LogP contribution is 2.16. The molecule has 3 rings (SSSR count). The highest BCUT2D eigenvalue weighted by Gasteiger charge is 2.18. The minimum absolute atomic E-state index is 0.0456. The van der Waals surface area contributed by atoms with E-state index in [0.717, 1.165) is 10.9 Å². The normalized spacial score (nSPS) is 11.5. The number of rotatable bonds is 4. The Balaban J connectivity index is 1.79. The van der Waals surface area contributed by atoms with Gasteiger partial charge < -0.3 is 4.57 Å². The Kier molecular flexibility index (Phi) is 4.11. The zero-order valence-corrected chi connectivity index (χ0v) is 13.5. The van der Waals surface area contributed by atoms with Gasteiger partial charge in [-0.3, -0.25) is 4.79 Å². The molecule has 3 aromatic rings. The molecule has 0 aliphatic carbocycles. The van der Waals surface area contributed by atoms with Crippen LogP contribution in [0.3, 0.4) is 0 Å². The van der Waals surface area contributed by atoms with Crippen molar-refractivity contribution in [3.05, 3.63) is 65.8 Å². The van der Waals surface area contributed by atoms with Crippen molar-refractivity contribution in [3.8, 4) is 0 Å². The number of nitrogens with zero attached hydrogens (tertiary/aromatic N) is 1. The zero-order chi connectivity index (χ0) is 16.4. The van der Waals surface area contributed by atoms with Gasteiger partial charge in [0, 0.05) is 16.7 Å². The van der Waals surface area contributed by atoms with Gasteiger partial charge in [0.2, 0.25) is 0 Å². The highest BCUT2D eigenvalue weighted by atomic mass is 35.5. The summed E-state index contributed by atoms with van der Waals surface area (Å²) >= 11 is 5.79. The number of carbonyl (C=O) groups is 1. The van der Waals surface area contributed by atoms with E-state index in [0.29, 0.717) is 0 Å². The third-order valence-corrected chi connectivity index (χ3v) is 4.95. The van der Waals surface area contributed by atoms with Crippen LogP contribution in [0.5, 0.6) is 0 Å². The molecule has 1 N–H and O–H groups in total. The van der Waals surface area contributed by atoms with Crippen LogP contribution >= 0.6 is 11.6 Å². The van der Waals surface area contributed by atoms with Crippen LogP contribution in [0.25, 0.3) is 10.9 Å². The number of fused-ring (bicyclic) bond motifs is 1. The van der Waals surface area contributed by atoms with E-state index >= 15 is 0 Å². The van der Waals surface area contributed by atoms with Crippen molar-refractivity contribution in [1.82, 2.24) is 9.29 Å². The molecule has 2 aromatic carbocycles. The third kappa shape index (κ3) is 3.38. The number of para-hydroxylation sites is 1. The van der Waals surface area contributed by atoms with Crippen molar-refractivity contribution < 1.29 is 13.2 Å². The van der Waals surface area contributed by atoms with Crippen molar-refractivity contribution in [2.24, 2.45) is 0 Å². The molecule has 0 aliphatic rings. The van der Waals surface area contributed by atoms with Crippen LogP contribution in [0.2, 0.25) is 5.02 Å². The lowest BCUT2D eigenvalue weighted by Gasteiger charge is -2.09. The Morgan fingerprint density at radius 2 is 1.87 bits per heavy atom. The lowest BCUT2D eigenvalue weighted by atomic mass is 10.2. The van der Waals surface area contributed by atoms with Gasteiger partial charge in [-0.1, -0.05) is 35.9 Å². The van der Waals surface area contributed by atoms with Gasteiger partial charge in [-0.15, -0.1) is 0 Å². The summed E-state index contributed by atoms with van der Waals surface area (Å²) in [5.41, 5.74) is 0.864. The molecule has 0 atom stereocenters. The minimum Gasteiger partial charge on any atom is -0.338 e. The summed E-state index contributed by atoms with van der Waals surface area (Å²) in [5.74, 6) is -0.619. The molecule has 7 heteroatoms. The van der Waals surface area contributed by atoms with Crippen molar-refractivity contribution in [3.63, 3.8) is 0 Å². The van der Waals surface area contributed by atoms with Crippen molar-refractivity contribution >= 4 is 38.4 Å². The summed E-state index contributed by atoms with van der Waals surface area (Å²) in [6.45, 7) is -0.0900. The Hall–Kier alpha value is -2.31. The molecule has 0 bridgehead atoms. The fraction of sp³-hybridized carbons (Fsp3) is 0.0625. The van der Waals surface area contributed by atoms with Crippen LogP contribution in [0.1, 0.15) is 0 Å². The average molecular weight is 349 g/mol. The van der Waals surface area contributed by atoms with Gasteiger partial charge in [0.15, 0.2) is 0 Å². The fourth-order valence-electron chi connectivity index (χ4n) is 2.31. The number of halogens is 1. The maximum absolute atomic E-state index is 12.2. The Labute approximate surface area is 138 Å². The molecule has 0 aliphatic heterocycles. The van der Waals surface area contributed by atoms with E-state index in [1.54, 1.807) is 16.8 Å². The van der Waals surface area contributed by atoms with Gasteiger partial charge in [-0.05, 0) is 35.7 Å². The second-order valence-electron chi connectivity index (χ2n) is 4.99. The van der Waals surface area contributed by atoms with Crippen molar-refractivity contribution in [2.75, 3.05) is 0 Å². The molecule has 0 radical (unpaired) electrons. The fourth-order valence-corrected chi connectivity index (χ4v) is 3.59. The van der Waals surface area contributed by atoms with Crippen LogP contribution in [0, 0.1) is 0 Å². The van der Waals surface area contributed by atoms with Crippen molar-refractivity contribution in [2.45, 2.75) is 11.4 Å². The number of hydrogen-bond donors (Lipinski definition) is 1. The highest BCUT2D eigenvalue weighted by molar-refractivity contribution is 7.90. The van der Waals surface area contributed by atoms with E-state index < -0.39 is 15.9 Å². The quantitative estimate of drug-likeness (QED) is 0.788. The number of amides is 1. The second-order valence-corrected chi connectivity index (χ2v) is 7.11. The summed E-state index contributed by atoms with van der Waals surface area (Å²) in [5, 5.41) is 1.27. The predicted molar refractivity (Wildman–Crippen MR) is 88.7 cm³/mol. The molecule has 1 aromatic heterocycles. The molecular formula is C16H13ClN2O3S. The smallest absolute Gasteiger partial charge is 0.264 e. The summed E-state index contributed by atoms with van der Waals surface area (Å²) < 4.78 is 28.1. The molecule has 0 saturated heterocycles. The van der Waals surface area contributed by atoms with E-state index in [2.05, 4.69) is 4.72 Å². The topological polar surface area (TPSA) is 68.2 Å². The van der Waals surface area contributed by atoms with E-state index in [1.165, 1.54) is 18.2 Å². The van der Waals surface area contributed by atoms with E-state index in [4.69, 9.17) is 11.6 Å². The molecule has 0 spiro atoms. The second kappa shape index (κ2) is 6.06. The number of benzene rings is 2. The Bertz CT molecular complexity index is 980. The molecule has 23 heavy (non-hydrogen) atoms. The molecule has 0 fully saturated rings. The number of nitrogens with one attached hydrogen (secondary N) is 1. The Morgan fingerprint density at radius 3 is 2.65 bits per heavy atom. The van der Waals surface area contributed by atoms with E-state index in [1.807, 2.05) is 30.3 Å². The van der Waals surface area contributed by atoms with E-state index in [9.17, 15) is 13.2 Å². The first-order valence-corrected chi connectivity index (χ1v) is 8.67. The van der Waals surface area contributed by atoms with Crippen LogP contribution < -0.4 is 4.72 Å². The molecular weight excluding hydrogens is 336 g/mol. The SMILES string of the molecule is O=C(Cn1ccc2ccccc21)NS(=O)(=O)c1cccc(Cl)c1. The third-order valence-electron chi connectivity index (χ3n) is 3.35. The summed E-state index contributed by atoms with van der Waals surface area (Å²) in [7, 11) is -3.94. The number of aromatic nitrogens is 1. The first kappa shape index (κ1) is 15.6. The summed E-state index contributed by atoms with van der Waals surface area (Å²) in [6.07, 6.45) is 1.75. The molecule has 1 amide bonds. The predicted octanol–water partition coefficient (Wildman–Crippen LogP) is 2.80. The molecule has 5 nitrogen and oxygen atoms in total. The number of hydrogen-bond acceptors (Lipinski definition) is 3. The van der Waals surface area contributed by atoms with Crippen LogP contribution in [-0.2, 0) is 21.4 Å². The molecule has 118 valence electrons. The van der Waals surface area contributed by atoms with Gasteiger partial charge in [0.05, 0.1) is 4.90 Å². The summed E-state index contributed by atoms with van der Waals surface area (Å²) in [6, 6.07) is 15.2. The zero-order valence-electron chi connectivity index (χ0n) is 11.9. The largest absolute Gasteiger partial charge is 0.338 e. The number of carbonyl (C=O) groups excluding carboxylic acids is 1. The Morgan fingerprint density at radius 1 is 1.09 bits per heavy atom. The first-order valence-electron chi connectivity index (χ1n) is 6.81. The van der Waals surface area contributed by atoms with Crippen LogP contribution in [0.4, 0.5) is 0 Å². The maximum atomic E-state index is 12.2. The minimum atomic E-state index is -3.94. The van der Waals surface area contributed by atoms with Crippen molar-refractivity contribution in [1.29, 1.82) is 0 Å². The maximum Gasteiger partial charge on any atom is 0.264 e.